The zero-order valence-corrected chi connectivity index (χ0v) is 19.5. The first kappa shape index (κ1) is 21.9. The molecule has 2 N–H and O–H groups in total. The molecule has 7 heteroatoms. The number of furan rings is 1. The number of anilines is 1. The van der Waals surface area contributed by atoms with Crippen LogP contribution in [0.2, 0.25) is 0 Å². The molecule has 1 aliphatic rings. The maximum absolute atomic E-state index is 11.7. The van der Waals surface area contributed by atoms with Crippen molar-refractivity contribution in [3.8, 4) is 11.3 Å². The number of aromatic carboxylic acids is 1. The Bertz CT molecular complexity index is 1380. The van der Waals surface area contributed by atoms with Crippen LogP contribution in [0.3, 0.4) is 0 Å². The lowest BCUT2D eigenvalue weighted by Crippen LogP contribution is -2.29. The summed E-state index contributed by atoms with van der Waals surface area (Å²) in [6.07, 6.45) is 1.76. The molecule has 1 fully saturated rings. The summed E-state index contributed by atoms with van der Waals surface area (Å²) in [7, 11) is 0. The molecule has 6 nitrogen and oxygen atoms in total. The number of aromatic nitrogens is 1. The van der Waals surface area contributed by atoms with Gasteiger partial charge in [-0.1, -0.05) is 30.3 Å². The van der Waals surface area contributed by atoms with E-state index in [9.17, 15) is 9.90 Å². The summed E-state index contributed by atoms with van der Waals surface area (Å²) >= 11 is 5.78. The summed E-state index contributed by atoms with van der Waals surface area (Å²) in [4.78, 5) is 18.4. The zero-order valence-electron chi connectivity index (χ0n) is 18.7. The number of carboxylic acid groups (broad SMARTS) is 1. The van der Waals surface area contributed by atoms with Crippen LogP contribution in [0.1, 0.15) is 45.0 Å². The molecule has 3 heterocycles. The lowest BCUT2D eigenvalue weighted by molar-refractivity contribution is 0.0697. The second-order valence-electron chi connectivity index (χ2n) is 8.32. The van der Waals surface area contributed by atoms with Gasteiger partial charge in [0, 0.05) is 17.4 Å². The molecule has 4 aromatic rings. The van der Waals surface area contributed by atoms with Gasteiger partial charge in [-0.25, -0.2) is 4.79 Å². The Labute approximate surface area is 202 Å². The highest BCUT2D eigenvalue weighted by Crippen LogP contribution is 2.43. The van der Waals surface area contributed by atoms with Gasteiger partial charge in [0.2, 0.25) is 0 Å². The fourth-order valence-corrected chi connectivity index (χ4v) is 4.68. The highest BCUT2D eigenvalue weighted by molar-refractivity contribution is 7.80. The van der Waals surface area contributed by atoms with Crippen LogP contribution in [-0.2, 0) is 0 Å². The van der Waals surface area contributed by atoms with Crippen LogP contribution >= 0.6 is 12.2 Å². The second kappa shape index (κ2) is 8.76. The van der Waals surface area contributed by atoms with Gasteiger partial charge in [0.25, 0.3) is 0 Å². The molecule has 2 atom stereocenters. The average molecular weight is 470 g/mol. The highest BCUT2D eigenvalue weighted by atomic mass is 32.1. The molecular weight excluding hydrogens is 446 g/mol. The SMILES string of the molecule is Cc1ccc(N2C(=S)N[C@H](c3ccccn3)[C@H]2c2ccc(-c3ccccc3C(=O)O)o2)cc1C. The summed E-state index contributed by atoms with van der Waals surface area (Å²) < 4.78 is 6.32. The molecule has 2 aromatic heterocycles. The molecule has 0 saturated carbocycles. The van der Waals surface area contributed by atoms with Gasteiger partial charge in [0.1, 0.15) is 17.6 Å². The molecule has 0 radical (unpaired) electrons. The summed E-state index contributed by atoms with van der Waals surface area (Å²) in [6.45, 7) is 4.15. The molecule has 170 valence electrons. The van der Waals surface area contributed by atoms with Crippen molar-refractivity contribution in [1.29, 1.82) is 0 Å². The Morgan fingerprint density at radius 1 is 1.03 bits per heavy atom. The summed E-state index contributed by atoms with van der Waals surface area (Å²) in [5.74, 6) is 0.155. The third-order valence-corrected chi connectivity index (χ3v) is 6.52. The average Bonchev–Trinajstić information content (AvgIpc) is 3.46. The third kappa shape index (κ3) is 3.84. The van der Waals surface area contributed by atoms with Crippen LogP contribution in [0, 0.1) is 13.8 Å². The minimum Gasteiger partial charge on any atom is -0.478 e. The molecule has 1 aliphatic heterocycles. The lowest BCUT2D eigenvalue weighted by Gasteiger charge is -2.26. The minimum absolute atomic E-state index is 0.191. The first-order chi connectivity index (χ1) is 16.4. The maximum atomic E-state index is 11.7. The number of hydrogen-bond acceptors (Lipinski definition) is 4. The Morgan fingerprint density at radius 2 is 1.82 bits per heavy atom. The first-order valence-electron chi connectivity index (χ1n) is 10.9. The van der Waals surface area contributed by atoms with E-state index < -0.39 is 5.97 Å². The normalized spacial score (nSPS) is 17.6. The number of nitrogens with one attached hydrogen (secondary N) is 1. The van der Waals surface area contributed by atoms with Gasteiger partial charge in [0.15, 0.2) is 5.11 Å². The second-order valence-corrected chi connectivity index (χ2v) is 8.70. The van der Waals surface area contributed by atoms with Crippen molar-refractivity contribution in [2.24, 2.45) is 0 Å². The predicted molar refractivity (Wildman–Crippen MR) is 135 cm³/mol. The lowest BCUT2D eigenvalue weighted by atomic mass is 10.0. The number of thiocarbonyl (C=S) groups is 1. The fraction of sp³-hybridized carbons (Fsp3) is 0.148. The van der Waals surface area contributed by atoms with E-state index in [1.165, 1.54) is 5.56 Å². The smallest absolute Gasteiger partial charge is 0.336 e. The number of pyridine rings is 1. The Balaban J connectivity index is 1.63. The van der Waals surface area contributed by atoms with Gasteiger partial charge in [-0.2, -0.15) is 0 Å². The van der Waals surface area contributed by atoms with Crippen LogP contribution in [-0.4, -0.2) is 21.2 Å². The molecule has 0 amide bonds. The molecular formula is C27H23N3O3S. The predicted octanol–water partition coefficient (Wildman–Crippen LogP) is 5.83. The number of nitrogens with zero attached hydrogens (tertiary/aromatic N) is 2. The third-order valence-electron chi connectivity index (χ3n) is 6.21. The number of carbonyl (C=O) groups is 1. The van der Waals surface area contributed by atoms with E-state index in [0.29, 0.717) is 22.2 Å². The summed E-state index contributed by atoms with van der Waals surface area (Å²) in [6, 6.07) is 22.0. The van der Waals surface area contributed by atoms with Gasteiger partial charge >= 0.3 is 5.97 Å². The van der Waals surface area contributed by atoms with Crippen molar-refractivity contribution in [2.75, 3.05) is 4.90 Å². The van der Waals surface area contributed by atoms with Crippen molar-refractivity contribution in [3.63, 3.8) is 0 Å². The fourth-order valence-electron chi connectivity index (χ4n) is 4.34. The number of benzene rings is 2. The van der Waals surface area contributed by atoms with Crippen LogP contribution in [0.4, 0.5) is 5.69 Å². The van der Waals surface area contributed by atoms with E-state index in [1.807, 2.05) is 41.3 Å². The van der Waals surface area contributed by atoms with Gasteiger partial charge in [-0.3, -0.25) is 4.98 Å². The summed E-state index contributed by atoms with van der Waals surface area (Å²) in [5.41, 5.74) is 4.87. The van der Waals surface area contributed by atoms with Gasteiger partial charge < -0.3 is 19.7 Å². The molecule has 0 spiro atoms. The monoisotopic (exact) mass is 469 g/mol. The Hall–Kier alpha value is -3.97. The van der Waals surface area contributed by atoms with Crippen LogP contribution in [0.15, 0.2) is 83.4 Å². The van der Waals surface area contributed by atoms with E-state index in [1.54, 1.807) is 30.5 Å². The Morgan fingerprint density at radius 3 is 2.56 bits per heavy atom. The van der Waals surface area contributed by atoms with Gasteiger partial charge in [-0.15, -0.1) is 0 Å². The number of carboxylic acids is 1. The number of hydrogen-bond donors (Lipinski definition) is 2. The van der Waals surface area contributed by atoms with Crippen LogP contribution in [0.25, 0.3) is 11.3 Å². The largest absolute Gasteiger partial charge is 0.478 e. The molecule has 34 heavy (non-hydrogen) atoms. The molecule has 1 saturated heterocycles. The molecule has 0 unspecified atom stereocenters. The van der Waals surface area contributed by atoms with Crippen LogP contribution in [0.5, 0.6) is 0 Å². The standard InChI is InChI=1S/C27H23N3O3S/c1-16-10-11-18(15-17(16)2)30-25(24(29-27(30)34)21-9-5-6-14-28-21)23-13-12-22(33-23)19-7-3-4-8-20(19)26(31)32/h3-15,24-25H,1-2H3,(H,29,34)(H,31,32)/t24-,25-/m1/s1. The molecule has 0 aliphatic carbocycles. The Kier molecular flexibility index (Phi) is 5.63. The van der Waals surface area contributed by atoms with Crippen molar-refractivity contribution in [2.45, 2.75) is 25.9 Å². The van der Waals surface area contributed by atoms with Crippen molar-refractivity contribution in [3.05, 3.63) is 107 Å². The highest BCUT2D eigenvalue weighted by Gasteiger charge is 2.42. The van der Waals surface area contributed by atoms with E-state index in [-0.39, 0.29) is 17.6 Å². The van der Waals surface area contributed by atoms with E-state index >= 15 is 0 Å². The first-order valence-corrected chi connectivity index (χ1v) is 11.3. The topological polar surface area (TPSA) is 78.6 Å². The molecule has 0 bridgehead atoms. The quantitative estimate of drug-likeness (QED) is 0.356. The van der Waals surface area contributed by atoms with Gasteiger partial charge in [-0.05, 0) is 79.7 Å². The molecule has 2 aromatic carbocycles. The zero-order chi connectivity index (χ0) is 23.8. The van der Waals surface area contributed by atoms with Gasteiger partial charge in [0.05, 0.1) is 17.3 Å². The molecule has 5 rings (SSSR count). The number of aryl methyl sites for hydroxylation is 2. The van der Waals surface area contributed by atoms with Crippen molar-refractivity contribution < 1.29 is 14.3 Å². The van der Waals surface area contributed by atoms with Crippen molar-refractivity contribution >= 4 is 29.0 Å². The number of rotatable bonds is 5. The van der Waals surface area contributed by atoms with Crippen LogP contribution < -0.4 is 10.2 Å². The maximum Gasteiger partial charge on any atom is 0.336 e. The van der Waals surface area contributed by atoms with E-state index in [4.69, 9.17) is 16.6 Å². The minimum atomic E-state index is -1.000. The van der Waals surface area contributed by atoms with E-state index in [2.05, 4.69) is 36.3 Å². The summed E-state index contributed by atoms with van der Waals surface area (Å²) in [5, 5.41) is 13.6. The van der Waals surface area contributed by atoms with E-state index in [0.717, 1.165) is 16.9 Å². The van der Waals surface area contributed by atoms with Crippen molar-refractivity contribution in [1.82, 2.24) is 10.3 Å².